The smallest absolute Gasteiger partial charge is 0.312 e. The molecule has 2 rings (SSSR count). The Morgan fingerprint density at radius 1 is 1.16 bits per heavy atom. The van der Waals surface area contributed by atoms with Crippen LogP contribution in [0.25, 0.3) is 0 Å². The zero-order valence-electron chi connectivity index (χ0n) is 13.8. The molecule has 0 bridgehead atoms. The minimum atomic E-state index is -3.55. The molecule has 0 radical (unpaired) electrons. The van der Waals surface area contributed by atoms with Crippen molar-refractivity contribution in [2.24, 2.45) is 0 Å². The molecule has 0 unspecified atom stereocenters. The normalized spacial score (nSPS) is 11.1. The average molecular weight is 363 g/mol. The van der Waals surface area contributed by atoms with E-state index in [1.54, 1.807) is 24.3 Å². The number of rotatable bonds is 7. The van der Waals surface area contributed by atoms with Crippen molar-refractivity contribution in [1.82, 2.24) is 0 Å². The van der Waals surface area contributed by atoms with Crippen molar-refractivity contribution in [3.63, 3.8) is 0 Å². The summed E-state index contributed by atoms with van der Waals surface area (Å²) >= 11 is 0. The topological polar surface area (TPSA) is 104 Å². The van der Waals surface area contributed by atoms with Gasteiger partial charge in [-0.2, -0.15) is 0 Å². The number of ether oxygens (including phenoxy) is 1. The number of aryl methyl sites for hydroxylation is 1. The lowest BCUT2D eigenvalue weighted by Crippen LogP contribution is -2.00. The number of nitro benzene ring substituents is 1. The first-order valence-corrected chi connectivity index (χ1v) is 9.30. The monoisotopic (exact) mass is 363 g/mol. The molecule has 0 heterocycles. The van der Waals surface area contributed by atoms with E-state index in [-0.39, 0.29) is 16.4 Å². The van der Waals surface area contributed by atoms with Crippen LogP contribution < -0.4 is 4.74 Å². The van der Waals surface area contributed by atoms with Gasteiger partial charge in [-0.25, -0.2) is 8.42 Å². The van der Waals surface area contributed by atoms with Crippen molar-refractivity contribution in [1.29, 1.82) is 0 Å². The van der Waals surface area contributed by atoms with Crippen LogP contribution in [0.15, 0.2) is 47.4 Å². The van der Waals surface area contributed by atoms with E-state index in [1.165, 1.54) is 19.1 Å². The number of benzene rings is 2. The predicted octanol–water partition coefficient (Wildman–Crippen LogP) is 3.31. The lowest BCUT2D eigenvalue weighted by molar-refractivity contribution is -0.385. The molecular weight excluding hydrogens is 346 g/mol. The van der Waals surface area contributed by atoms with Gasteiger partial charge in [-0.3, -0.25) is 10.1 Å². The third-order valence-electron chi connectivity index (χ3n) is 3.47. The molecule has 0 fully saturated rings. The number of hydrogen-bond acceptors (Lipinski definition) is 6. The summed E-state index contributed by atoms with van der Waals surface area (Å²) in [5, 5.41) is 11.2. The zero-order valence-corrected chi connectivity index (χ0v) is 14.6. The third-order valence-corrected chi connectivity index (χ3v) is 4.58. The van der Waals surface area contributed by atoms with Gasteiger partial charge in [-0.05, 0) is 43.2 Å². The third kappa shape index (κ3) is 5.12. The number of ketones is 1. The van der Waals surface area contributed by atoms with E-state index in [9.17, 15) is 23.3 Å². The van der Waals surface area contributed by atoms with E-state index in [0.29, 0.717) is 18.6 Å². The Bertz CT molecular complexity index is 903. The summed E-state index contributed by atoms with van der Waals surface area (Å²) in [5.41, 5.74) is 0.521. The van der Waals surface area contributed by atoms with E-state index in [1.807, 2.05) is 0 Å². The first-order chi connectivity index (χ1) is 11.7. The minimum absolute atomic E-state index is 0.0473. The first kappa shape index (κ1) is 18.6. The van der Waals surface area contributed by atoms with Crippen LogP contribution in [0.2, 0.25) is 0 Å². The average Bonchev–Trinajstić information content (AvgIpc) is 2.53. The Morgan fingerprint density at radius 2 is 1.80 bits per heavy atom. The number of nitro groups is 1. The maximum absolute atomic E-state index is 11.5. The second-order valence-corrected chi connectivity index (χ2v) is 7.62. The van der Waals surface area contributed by atoms with Gasteiger partial charge in [-0.1, -0.05) is 12.1 Å². The van der Waals surface area contributed by atoms with Gasteiger partial charge in [0, 0.05) is 18.7 Å². The fourth-order valence-electron chi connectivity index (χ4n) is 2.13. The van der Waals surface area contributed by atoms with Gasteiger partial charge < -0.3 is 9.53 Å². The summed E-state index contributed by atoms with van der Waals surface area (Å²) in [5.74, 6) is 0.428. The molecule has 0 aliphatic heterocycles. The molecule has 0 N–H and O–H groups in total. The van der Waals surface area contributed by atoms with Crippen molar-refractivity contribution < 1.29 is 22.9 Å². The Morgan fingerprint density at radius 3 is 2.32 bits per heavy atom. The lowest BCUT2D eigenvalue weighted by atomic mass is 10.1. The highest BCUT2D eigenvalue weighted by molar-refractivity contribution is 7.90. The fourth-order valence-corrected chi connectivity index (χ4v) is 2.77. The SMILES string of the molecule is CC(=O)CCc1ccc(Oc2ccc(S(C)(=O)=O)cc2[N+](=O)[O-])cc1. The Labute approximate surface area is 145 Å². The molecule has 0 saturated carbocycles. The molecule has 0 amide bonds. The molecule has 25 heavy (non-hydrogen) atoms. The molecule has 0 atom stereocenters. The van der Waals surface area contributed by atoms with Gasteiger partial charge in [0.05, 0.1) is 9.82 Å². The summed E-state index contributed by atoms with van der Waals surface area (Å²) < 4.78 is 28.6. The second-order valence-electron chi connectivity index (χ2n) is 5.61. The lowest BCUT2D eigenvalue weighted by Gasteiger charge is -2.08. The van der Waals surface area contributed by atoms with Crippen LogP contribution in [-0.4, -0.2) is 25.4 Å². The van der Waals surface area contributed by atoms with Crippen molar-refractivity contribution in [3.05, 3.63) is 58.1 Å². The predicted molar refractivity (Wildman–Crippen MR) is 91.7 cm³/mol. The van der Waals surface area contributed by atoms with Crippen LogP contribution >= 0.6 is 0 Å². The Hall–Kier alpha value is -2.74. The van der Waals surface area contributed by atoms with Crippen LogP contribution in [0.1, 0.15) is 18.9 Å². The number of hydrogen-bond donors (Lipinski definition) is 0. The van der Waals surface area contributed by atoms with Crippen LogP contribution in [0.4, 0.5) is 5.69 Å². The van der Waals surface area contributed by atoms with Crippen molar-refractivity contribution in [2.45, 2.75) is 24.7 Å². The van der Waals surface area contributed by atoms with Gasteiger partial charge in [0.15, 0.2) is 9.84 Å². The number of carbonyl (C=O) groups excluding carboxylic acids is 1. The zero-order chi connectivity index (χ0) is 18.6. The number of sulfone groups is 1. The number of carbonyl (C=O) groups is 1. The highest BCUT2D eigenvalue weighted by atomic mass is 32.2. The minimum Gasteiger partial charge on any atom is -0.450 e. The number of Topliss-reactive ketones (excluding diaryl/α,β-unsaturated/α-hetero) is 1. The molecule has 2 aromatic carbocycles. The Kier molecular flexibility index (Phi) is 5.53. The quantitative estimate of drug-likeness (QED) is 0.552. The molecule has 0 aliphatic carbocycles. The molecule has 7 nitrogen and oxygen atoms in total. The molecule has 132 valence electrons. The Balaban J connectivity index is 2.24. The van der Waals surface area contributed by atoms with Crippen molar-refractivity contribution in [3.8, 4) is 11.5 Å². The van der Waals surface area contributed by atoms with E-state index in [0.717, 1.165) is 17.9 Å². The molecule has 0 saturated heterocycles. The first-order valence-electron chi connectivity index (χ1n) is 7.41. The number of nitrogens with zero attached hydrogens (tertiary/aromatic N) is 1. The van der Waals surface area contributed by atoms with E-state index in [2.05, 4.69) is 0 Å². The molecule has 8 heteroatoms. The molecule has 2 aromatic rings. The molecule has 0 spiro atoms. The summed E-state index contributed by atoms with van der Waals surface area (Å²) in [6.07, 6.45) is 2.03. The summed E-state index contributed by atoms with van der Waals surface area (Å²) in [6, 6.07) is 10.3. The summed E-state index contributed by atoms with van der Waals surface area (Å²) in [4.78, 5) is 21.3. The second kappa shape index (κ2) is 7.43. The fraction of sp³-hybridized carbons (Fsp3) is 0.235. The van der Waals surface area contributed by atoms with Crippen LogP contribution in [0, 0.1) is 10.1 Å². The van der Waals surface area contributed by atoms with Crippen molar-refractivity contribution >= 4 is 21.3 Å². The maximum Gasteiger partial charge on any atom is 0.312 e. The van der Waals surface area contributed by atoms with Gasteiger partial charge in [0.1, 0.15) is 11.5 Å². The van der Waals surface area contributed by atoms with Gasteiger partial charge in [-0.15, -0.1) is 0 Å². The highest BCUT2D eigenvalue weighted by Crippen LogP contribution is 2.33. The molecule has 0 aliphatic rings. The van der Waals surface area contributed by atoms with Crippen molar-refractivity contribution in [2.75, 3.05) is 6.26 Å². The van der Waals surface area contributed by atoms with Crippen LogP contribution in [0.3, 0.4) is 0 Å². The summed E-state index contributed by atoms with van der Waals surface area (Å²) in [7, 11) is -3.55. The molecule has 0 aromatic heterocycles. The van der Waals surface area contributed by atoms with E-state index >= 15 is 0 Å². The van der Waals surface area contributed by atoms with Gasteiger partial charge >= 0.3 is 5.69 Å². The molecular formula is C17H17NO6S. The standard InChI is InChI=1S/C17H17NO6S/c1-12(19)3-4-13-5-7-14(8-6-13)24-17-10-9-15(25(2,22)23)11-16(17)18(20)21/h5-11H,3-4H2,1-2H3. The maximum atomic E-state index is 11.5. The largest absolute Gasteiger partial charge is 0.450 e. The summed E-state index contributed by atoms with van der Waals surface area (Å²) in [6.45, 7) is 1.52. The highest BCUT2D eigenvalue weighted by Gasteiger charge is 2.20. The van der Waals surface area contributed by atoms with Crippen LogP contribution in [0.5, 0.6) is 11.5 Å². The van der Waals surface area contributed by atoms with E-state index < -0.39 is 20.4 Å². The van der Waals surface area contributed by atoms with E-state index in [4.69, 9.17) is 4.74 Å². The van der Waals surface area contributed by atoms with Crippen LogP contribution in [-0.2, 0) is 21.1 Å². The van der Waals surface area contributed by atoms with Gasteiger partial charge in [0.25, 0.3) is 0 Å². The van der Waals surface area contributed by atoms with Gasteiger partial charge in [0.2, 0.25) is 5.75 Å².